The van der Waals surface area contributed by atoms with E-state index >= 15 is 0 Å². The average molecular weight is 480 g/mol. The second kappa shape index (κ2) is 10.4. The first-order chi connectivity index (χ1) is 16.5. The summed E-state index contributed by atoms with van der Waals surface area (Å²) in [7, 11) is 0. The van der Waals surface area contributed by atoms with Gasteiger partial charge in [0.25, 0.3) is 0 Å². The van der Waals surface area contributed by atoms with Gasteiger partial charge in [0.2, 0.25) is 0 Å². The molecule has 2 nitrogen and oxygen atoms in total. The van der Waals surface area contributed by atoms with Gasteiger partial charge in [-0.2, -0.15) is 0 Å². The predicted octanol–water partition coefficient (Wildman–Crippen LogP) is 7.48. The van der Waals surface area contributed by atoms with Gasteiger partial charge in [-0.25, -0.2) is 8.78 Å². The summed E-state index contributed by atoms with van der Waals surface area (Å²) in [4.78, 5) is 2.64. The topological polar surface area (TPSA) is 12.5 Å². The Morgan fingerprint density at radius 1 is 0.824 bits per heavy atom. The zero-order chi connectivity index (χ0) is 23.5. The van der Waals surface area contributed by atoms with Gasteiger partial charge < -0.3 is 4.74 Å². The molecular weight excluding hydrogens is 452 g/mol. The highest BCUT2D eigenvalue weighted by Crippen LogP contribution is 2.39. The van der Waals surface area contributed by atoms with Crippen LogP contribution in [0.5, 0.6) is 0 Å². The highest BCUT2D eigenvalue weighted by molar-refractivity contribution is 6.30. The molecule has 3 aromatic rings. The number of hydrogen-bond acceptors (Lipinski definition) is 2. The molecule has 2 atom stereocenters. The molecule has 3 aromatic carbocycles. The second-order valence-electron chi connectivity index (χ2n) is 9.27. The van der Waals surface area contributed by atoms with Gasteiger partial charge in [-0.15, -0.1) is 0 Å². The fraction of sp³-hybridized carbons (Fsp3) is 0.310. The van der Waals surface area contributed by atoms with Crippen LogP contribution >= 0.6 is 11.6 Å². The Hall–Kier alpha value is -2.53. The summed E-state index contributed by atoms with van der Waals surface area (Å²) >= 11 is 6.04. The number of benzene rings is 3. The number of piperidine rings is 1. The maximum Gasteiger partial charge on any atom is 0.123 e. The Morgan fingerprint density at radius 2 is 1.35 bits per heavy atom. The molecule has 0 saturated carbocycles. The van der Waals surface area contributed by atoms with Gasteiger partial charge in [0.1, 0.15) is 17.7 Å². The van der Waals surface area contributed by atoms with Crippen molar-refractivity contribution >= 4 is 11.6 Å². The third kappa shape index (κ3) is 5.41. The Kier molecular flexibility index (Phi) is 7.10. The van der Waals surface area contributed by atoms with Gasteiger partial charge in [0, 0.05) is 23.7 Å². The molecule has 2 heterocycles. The maximum absolute atomic E-state index is 13.5. The first-order valence-electron chi connectivity index (χ1n) is 11.9. The molecule has 0 aliphatic carbocycles. The van der Waals surface area contributed by atoms with E-state index < -0.39 is 0 Å². The van der Waals surface area contributed by atoms with Crippen LogP contribution in [0.15, 0.2) is 84.4 Å². The molecule has 2 saturated heterocycles. The van der Waals surface area contributed by atoms with Crippen molar-refractivity contribution in [3.8, 4) is 0 Å². The molecule has 0 aromatic heterocycles. The summed E-state index contributed by atoms with van der Waals surface area (Å²) in [6.07, 6.45) is 6.41. The summed E-state index contributed by atoms with van der Waals surface area (Å²) in [5, 5.41) is 0.773. The standard InChI is InChI=1S/C29H28ClF2NO/c30-24-7-1-20(2-8-24)19-33-27-13-14-28(33)18-21(17-27)15-16-34-29(22-3-9-25(31)10-4-22)23-5-11-26(32)12-6-23/h1-12,15,27-29H,13-14,16-19H2/t27-,28+. The van der Waals surface area contributed by atoms with Gasteiger partial charge in [-0.1, -0.05) is 59.6 Å². The third-order valence-corrected chi connectivity index (χ3v) is 7.28. The van der Waals surface area contributed by atoms with Gasteiger partial charge >= 0.3 is 0 Å². The van der Waals surface area contributed by atoms with Crippen LogP contribution in [0.4, 0.5) is 8.78 Å². The zero-order valence-electron chi connectivity index (χ0n) is 19.0. The maximum atomic E-state index is 13.5. The van der Waals surface area contributed by atoms with E-state index in [1.165, 1.54) is 48.2 Å². The molecule has 0 N–H and O–H groups in total. The van der Waals surface area contributed by atoms with Crippen molar-refractivity contribution in [2.24, 2.45) is 0 Å². The number of halogens is 3. The van der Waals surface area contributed by atoms with E-state index in [0.29, 0.717) is 18.7 Å². The molecule has 34 heavy (non-hydrogen) atoms. The van der Waals surface area contributed by atoms with Gasteiger partial charge in [-0.3, -0.25) is 4.90 Å². The van der Waals surface area contributed by atoms with E-state index in [1.807, 2.05) is 12.1 Å². The Labute approximate surface area is 204 Å². The van der Waals surface area contributed by atoms with E-state index in [2.05, 4.69) is 23.1 Å². The molecule has 0 radical (unpaired) electrons. The summed E-state index contributed by atoms with van der Waals surface area (Å²) in [6.45, 7) is 1.43. The summed E-state index contributed by atoms with van der Waals surface area (Å²) in [5.74, 6) is -0.575. The quantitative estimate of drug-likeness (QED) is 0.326. The van der Waals surface area contributed by atoms with E-state index in [1.54, 1.807) is 24.3 Å². The lowest BCUT2D eigenvalue weighted by Crippen LogP contribution is -2.39. The molecule has 2 aliphatic heterocycles. The highest BCUT2D eigenvalue weighted by Gasteiger charge is 2.38. The Bertz CT molecular complexity index is 1070. The van der Waals surface area contributed by atoms with Crippen LogP contribution < -0.4 is 0 Å². The van der Waals surface area contributed by atoms with Crippen LogP contribution in [0.3, 0.4) is 0 Å². The third-order valence-electron chi connectivity index (χ3n) is 7.03. The molecule has 2 fully saturated rings. The van der Waals surface area contributed by atoms with Gasteiger partial charge in [-0.05, 0) is 78.8 Å². The number of rotatable bonds is 7. The summed E-state index contributed by atoms with van der Waals surface area (Å²) in [6, 6.07) is 21.9. The normalized spacial score (nSPS) is 21.5. The van der Waals surface area contributed by atoms with Crippen LogP contribution in [0, 0.1) is 11.6 Å². The molecule has 2 aliphatic rings. The van der Waals surface area contributed by atoms with E-state index in [-0.39, 0.29) is 17.7 Å². The van der Waals surface area contributed by atoms with Crippen LogP contribution in [0.25, 0.3) is 0 Å². The monoisotopic (exact) mass is 479 g/mol. The zero-order valence-corrected chi connectivity index (χ0v) is 19.7. The fourth-order valence-corrected chi connectivity index (χ4v) is 5.42. The molecule has 0 amide bonds. The van der Waals surface area contributed by atoms with Crippen molar-refractivity contribution < 1.29 is 13.5 Å². The number of hydrogen-bond donors (Lipinski definition) is 0. The van der Waals surface area contributed by atoms with Crippen molar-refractivity contribution in [2.75, 3.05) is 6.61 Å². The van der Waals surface area contributed by atoms with E-state index in [9.17, 15) is 8.78 Å². The Balaban J connectivity index is 1.25. The first kappa shape index (κ1) is 23.2. The minimum absolute atomic E-state index is 0.287. The fourth-order valence-electron chi connectivity index (χ4n) is 5.29. The summed E-state index contributed by atoms with van der Waals surface area (Å²) < 4.78 is 33.2. The van der Waals surface area contributed by atoms with Crippen LogP contribution in [-0.2, 0) is 11.3 Å². The molecule has 0 unspecified atom stereocenters. The number of ether oxygens (including phenoxy) is 1. The first-order valence-corrected chi connectivity index (χ1v) is 12.2. The minimum atomic E-state index is -0.375. The Morgan fingerprint density at radius 3 is 1.88 bits per heavy atom. The van der Waals surface area contributed by atoms with E-state index in [0.717, 1.165) is 35.5 Å². The van der Waals surface area contributed by atoms with Crippen molar-refractivity contribution in [1.82, 2.24) is 4.90 Å². The number of nitrogens with zero attached hydrogens (tertiary/aromatic N) is 1. The summed E-state index contributed by atoms with van der Waals surface area (Å²) in [5.41, 5.74) is 4.45. The minimum Gasteiger partial charge on any atom is -0.365 e. The van der Waals surface area contributed by atoms with Crippen molar-refractivity contribution in [2.45, 2.75) is 50.4 Å². The lowest BCUT2D eigenvalue weighted by Gasteiger charge is -2.36. The van der Waals surface area contributed by atoms with E-state index in [4.69, 9.17) is 16.3 Å². The van der Waals surface area contributed by atoms with Crippen molar-refractivity contribution in [3.63, 3.8) is 0 Å². The van der Waals surface area contributed by atoms with Crippen LogP contribution in [-0.4, -0.2) is 23.6 Å². The van der Waals surface area contributed by atoms with Crippen molar-refractivity contribution in [3.05, 3.63) is 118 Å². The lowest BCUT2D eigenvalue weighted by atomic mass is 9.95. The molecule has 5 rings (SSSR count). The second-order valence-corrected chi connectivity index (χ2v) is 9.71. The van der Waals surface area contributed by atoms with Gasteiger partial charge in [0.05, 0.1) is 6.61 Å². The average Bonchev–Trinajstić information content (AvgIpc) is 3.07. The van der Waals surface area contributed by atoms with Gasteiger partial charge in [0.15, 0.2) is 0 Å². The van der Waals surface area contributed by atoms with Crippen LogP contribution in [0.2, 0.25) is 5.02 Å². The SMILES string of the molecule is Fc1ccc(C(OCC=C2C[C@H]3CC[C@@H](C2)N3Cc2ccc(Cl)cc2)c2ccc(F)cc2)cc1. The molecule has 2 bridgehead atoms. The lowest BCUT2D eigenvalue weighted by molar-refractivity contribution is 0.102. The highest BCUT2D eigenvalue weighted by atomic mass is 35.5. The van der Waals surface area contributed by atoms with Crippen LogP contribution in [0.1, 0.15) is 48.5 Å². The predicted molar refractivity (Wildman–Crippen MR) is 132 cm³/mol. The van der Waals surface area contributed by atoms with Crippen molar-refractivity contribution in [1.29, 1.82) is 0 Å². The smallest absolute Gasteiger partial charge is 0.123 e. The molecular formula is C29H28ClF2NO. The molecule has 5 heteroatoms. The number of fused-ring (bicyclic) bond motifs is 2. The molecule has 0 spiro atoms. The molecule has 176 valence electrons. The largest absolute Gasteiger partial charge is 0.365 e.